The van der Waals surface area contributed by atoms with Gasteiger partial charge in [0.1, 0.15) is 18.1 Å². The highest BCUT2D eigenvalue weighted by Crippen LogP contribution is 2.32. The van der Waals surface area contributed by atoms with Crippen LogP contribution in [0.3, 0.4) is 0 Å². The van der Waals surface area contributed by atoms with E-state index in [1.807, 2.05) is 13.8 Å². The van der Waals surface area contributed by atoms with Crippen molar-refractivity contribution >= 4 is 11.9 Å². The topological polar surface area (TPSA) is 92.9 Å². The Morgan fingerprint density at radius 3 is 2.74 bits per heavy atom. The summed E-state index contributed by atoms with van der Waals surface area (Å²) in [6, 6.07) is 7.02. The second kappa shape index (κ2) is 7.42. The maximum Gasteiger partial charge on any atom is 0.311 e. The van der Waals surface area contributed by atoms with Crippen molar-refractivity contribution in [2.24, 2.45) is 5.41 Å². The van der Waals surface area contributed by atoms with Gasteiger partial charge in [-0.3, -0.25) is 9.59 Å². The number of para-hydroxylation sites is 1. The lowest BCUT2D eigenvalue weighted by atomic mass is 9.82. The van der Waals surface area contributed by atoms with Crippen molar-refractivity contribution in [1.82, 2.24) is 10.1 Å². The third-order valence-electron chi connectivity index (χ3n) is 5.17. The minimum absolute atomic E-state index is 0.194. The minimum Gasteiger partial charge on any atom is -0.488 e. The van der Waals surface area contributed by atoms with E-state index in [9.17, 15) is 14.7 Å². The Hall–Kier alpha value is -2.83. The number of carbonyl (C=O) groups is 2. The third-order valence-corrected chi connectivity index (χ3v) is 5.17. The lowest BCUT2D eigenvalue weighted by Crippen LogP contribution is -2.48. The zero-order chi connectivity index (χ0) is 19.6. The van der Waals surface area contributed by atoms with Gasteiger partial charge in [0.2, 0.25) is 0 Å². The van der Waals surface area contributed by atoms with Crippen molar-refractivity contribution < 1.29 is 24.0 Å². The standard InChI is InChI=1S/C20H24N2O5/c1-13-16(14(2)27-21-13)11-26-17-8-5-4-7-15(17)18(23)22-10-6-9-20(3,12-22)19(24)25/h4-5,7-8H,6,9-12H2,1-3H3,(H,24,25). The molecule has 1 N–H and O–H groups in total. The number of hydrogen-bond acceptors (Lipinski definition) is 5. The molecule has 0 saturated carbocycles. The molecular formula is C20H24N2O5. The van der Waals surface area contributed by atoms with Gasteiger partial charge in [0, 0.05) is 13.1 Å². The van der Waals surface area contributed by atoms with E-state index in [2.05, 4.69) is 5.16 Å². The van der Waals surface area contributed by atoms with E-state index in [1.54, 1.807) is 36.1 Å². The summed E-state index contributed by atoms with van der Waals surface area (Å²) in [5.74, 6) is 0.0640. The second-order valence-electron chi connectivity index (χ2n) is 7.28. The van der Waals surface area contributed by atoms with Gasteiger partial charge in [-0.15, -0.1) is 0 Å². The van der Waals surface area contributed by atoms with Crippen LogP contribution < -0.4 is 4.74 Å². The molecule has 1 aliphatic heterocycles. The predicted octanol–water partition coefficient (Wildman–Crippen LogP) is 3.20. The van der Waals surface area contributed by atoms with E-state index >= 15 is 0 Å². The Morgan fingerprint density at radius 1 is 1.33 bits per heavy atom. The highest BCUT2D eigenvalue weighted by Gasteiger charge is 2.39. The van der Waals surface area contributed by atoms with Crippen molar-refractivity contribution in [2.75, 3.05) is 13.1 Å². The molecule has 1 amide bonds. The van der Waals surface area contributed by atoms with Crippen LogP contribution in [0.5, 0.6) is 5.75 Å². The van der Waals surface area contributed by atoms with Crippen molar-refractivity contribution in [3.8, 4) is 5.75 Å². The lowest BCUT2D eigenvalue weighted by molar-refractivity contribution is -0.150. The maximum atomic E-state index is 13.0. The van der Waals surface area contributed by atoms with Gasteiger partial charge in [-0.05, 0) is 45.7 Å². The van der Waals surface area contributed by atoms with E-state index in [4.69, 9.17) is 9.26 Å². The van der Waals surface area contributed by atoms with Gasteiger partial charge >= 0.3 is 5.97 Å². The summed E-state index contributed by atoms with van der Waals surface area (Å²) < 4.78 is 11.0. The Morgan fingerprint density at radius 2 is 2.07 bits per heavy atom. The van der Waals surface area contributed by atoms with Crippen LogP contribution in [0.2, 0.25) is 0 Å². The van der Waals surface area contributed by atoms with E-state index in [0.29, 0.717) is 36.5 Å². The molecule has 1 aromatic carbocycles. The number of aliphatic carboxylic acids is 1. The zero-order valence-electron chi connectivity index (χ0n) is 15.8. The SMILES string of the molecule is Cc1noc(C)c1COc1ccccc1C(=O)N1CCCC(C)(C(=O)O)C1. The number of carboxylic acid groups (broad SMARTS) is 1. The molecule has 1 aromatic heterocycles. The number of rotatable bonds is 5. The summed E-state index contributed by atoms with van der Waals surface area (Å²) in [4.78, 5) is 26.2. The summed E-state index contributed by atoms with van der Waals surface area (Å²) in [6.45, 7) is 6.33. The average molecular weight is 372 g/mol. The van der Waals surface area contributed by atoms with Crippen molar-refractivity contribution in [1.29, 1.82) is 0 Å². The monoisotopic (exact) mass is 372 g/mol. The molecule has 2 aromatic rings. The Labute approximate surface area is 157 Å². The van der Waals surface area contributed by atoms with Crippen LogP contribution >= 0.6 is 0 Å². The largest absolute Gasteiger partial charge is 0.488 e. The van der Waals surface area contributed by atoms with Gasteiger partial charge in [-0.2, -0.15) is 0 Å². The number of carbonyl (C=O) groups excluding carboxylic acids is 1. The van der Waals surface area contributed by atoms with Crippen LogP contribution in [-0.2, 0) is 11.4 Å². The van der Waals surface area contributed by atoms with Crippen LogP contribution in [0.25, 0.3) is 0 Å². The van der Waals surface area contributed by atoms with Gasteiger partial charge in [-0.25, -0.2) is 0 Å². The van der Waals surface area contributed by atoms with Crippen molar-refractivity contribution in [3.05, 3.63) is 46.8 Å². The zero-order valence-corrected chi connectivity index (χ0v) is 15.8. The first-order valence-corrected chi connectivity index (χ1v) is 8.98. The van der Waals surface area contributed by atoms with Gasteiger partial charge in [0.15, 0.2) is 0 Å². The number of nitrogens with zero attached hydrogens (tertiary/aromatic N) is 2. The van der Waals surface area contributed by atoms with E-state index < -0.39 is 11.4 Å². The number of likely N-dealkylation sites (tertiary alicyclic amines) is 1. The van der Waals surface area contributed by atoms with Gasteiger partial charge in [0.05, 0.1) is 22.2 Å². The van der Waals surface area contributed by atoms with E-state index in [0.717, 1.165) is 11.3 Å². The van der Waals surface area contributed by atoms with Gasteiger partial charge < -0.3 is 19.3 Å². The molecule has 3 rings (SSSR count). The number of ether oxygens (including phenoxy) is 1. The Kier molecular flexibility index (Phi) is 5.21. The molecule has 1 unspecified atom stereocenters. The fourth-order valence-corrected chi connectivity index (χ4v) is 3.38. The second-order valence-corrected chi connectivity index (χ2v) is 7.28. The summed E-state index contributed by atoms with van der Waals surface area (Å²) in [6.07, 6.45) is 1.23. The normalized spacial score (nSPS) is 19.7. The van der Waals surface area contributed by atoms with Crippen LogP contribution in [0.4, 0.5) is 0 Å². The number of aryl methyl sites for hydroxylation is 2. The molecule has 2 heterocycles. The quantitative estimate of drug-likeness (QED) is 0.866. The molecule has 1 aliphatic rings. The van der Waals surface area contributed by atoms with Crippen molar-refractivity contribution in [3.63, 3.8) is 0 Å². The fourth-order valence-electron chi connectivity index (χ4n) is 3.38. The fraction of sp³-hybridized carbons (Fsp3) is 0.450. The first-order chi connectivity index (χ1) is 12.8. The van der Waals surface area contributed by atoms with E-state index in [1.165, 1.54) is 0 Å². The van der Waals surface area contributed by atoms with Crippen molar-refractivity contribution in [2.45, 2.75) is 40.2 Å². The molecule has 0 bridgehead atoms. The molecular weight excluding hydrogens is 348 g/mol. The summed E-state index contributed by atoms with van der Waals surface area (Å²) in [5, 5.41) is 13.4. The molecule has 0 aliphatic carbocycles. The highest BCUT2D eigenvalue weighted by atomic mass is 16.5. The number of aromatic nitrogens is 1. The minimum atomic E-state index is -0.916. The summed E-state index contributed by atoms with van der Waals surface area (Å²) in [5.41, 5.74) is 1.12. The molecule has 7 nitrogen and oxygen atoms in total. The summed E-state index contributed by atoms with van der Waals surface area (Å²) >= 11 is 0. The average Bonchev–Trinajstić information content (AvgIpc) is 2.97. The Bertz CT molecular complexity index is 840. The molecule has 27 heavy (non-hydrogen) atoms. The van der Waals surface area contributed by atoms with Crippen LogP contribution in [0.15, 0.2) is 28.8 Å². The molecule has 7 heteroatoms. The number of piperidine rings is 1. The molecule has 1 saturated heterocycles. The van der Waals surface area contributed by atoms with E-state index in [-0.39, 0.29) is 19.1 Å². The third kappa shape index (κ3) is 3.82. The molecule has 144 valence electrons. The molecule has 1 atom stereocenters. The maximum absolute atomic E-state index is 13.0. The molecule has 0 radical (unpaired) electrons. The number of amides is 1. The summed E-state index contributed by atoms with van der Waals surface area (Å²) in [7, 11) is 0. The van der Waals surface area contributed by atoms with Gasteiger partial charge in [0.25, 0.3) is 5.91 Å². The first-order valence-electron chi connectivity index (χ1n) is 8.98. The lowest BCUT2D eigenvalue weighted by Gasteiger charge is -2.37. The van der Waals surface area contributed by atoms with Crippen LogP contribution in [0.1, 0.15) is 47.1 Å². The Balaban J connectivity index is 1.79. The number of benzene rings is 1. The van der Waals surface area contributed by atoms with Crippen LogP contribution in [0, 0.1) is 19.3 Å². The number of carboxylic acids is 1. The molecule has 1 fully saturated rings. The first kappa shape index (κ1) is 18.9. The molecule has 0 spiro atoms. The highest BCUT2D eigenvalue weighted by molar-refractivity contribution is 5.97. The van der Waals surface area contributed by atoms with Gasteiger partial charge in [-0.1, -0.05) is 17.3 Å². The number of hydrogen-bond donors (Lipinski definition) is 1. The predicted molar refractivity (Wildman–Crippen MR) is 97.6 cm³/mol. The van der Waals surface area contributed by atoms with Crippen LogP contribution in [-0.4, -0.2) is 40.1 Å². The smallest absolute Gasteiger partial charge is 0.311 e.